The van der Waals surface area contributed by atoms with Gasteiger partial charge in [0.25, 0.3) is 0 Å². The van der Waals surface area contributed by atoms with Gasteiger partial charge >= 0.3 is 0 Å². The van der Waals surface area contributed by atoms with E-state index < -0.39 is 0 Å². The maximum absolute atomic E-state index is 4.28. The van der Waals surface area contributed by atoms with Crippen LogP contribution in [0.1, 0.15) is 60.4 Å². The molecule has 2 heterocycles. The van der Waals surface area contributed by atoms with Crippen molar-refractivity contribution < 1.29 is 0 Å². The fourth-order valence-electron chi connectivity index (χ4n) is 4.12. The van der Waals surface area contributed by atoms with E-state index >= 15 is 0 Å². The molecular formula is C22H27N2S+. The highest BCUT2D eigenvalue weighted by atomic mass is 32.2. The predicted octanol–water partition coefficient (Wildman–Crippen LogP) is 6.17. The van der Waals surface area contributed by atoms with Gasteiger partial charge in [0, 0.05) is 18.1 Å². The summed E-state index contributed by atoms with van der Waals surface area (Å²) in [6.45, 7) is 0. The second-order valence-electron chi connectivity index (χ2n) is 7.09. The van der Waals surface area contributed by atoms with Crippen molar-refractivity contribution in [2.45, 2.75) is 57.3 Å². The summed E-state index contributed by atoms with van der Waals surface area (Å²) in [6.07, 6.45) is 16.6. The number of rotatable bonds is 6. The Balaban J connectivity index is 1.55. The van der Waals surface area contributed by atoms with Gasteiger partial charge in [-0.2, -0.15) is 0 Å². The molecule has 2 nitrogen and oxygen atoms in total. The molecule has 3 heteroatoms. The van der Waals surface area contributed by atoms with E-state index in [4.69, 9.17) is 0 Å². The lowest BCUT2D eigenvalue weighted by molar-refractivity contribution is 0.442. The topological polar surface area (TPSA) is 17.8 Å². The fraction of sp³-hybridized carbons (Fsp3) is 0.409. The van der Waals surface area contributed by atoms with Crippen LogP contribution >= 0.6 is 10.7 Å². The number of hydrogen-bond acceptors (Lipinski definition) is 1. The van der Waals surface area contributed by atoms with Gasteiger partial charge in [0.2, 0.25) is 0 Å². The second-order valence-corrected chi connectivity index (χ2v) is 8.91. The van der Waals surface area contributed by atoms with Crippen LogP contribution in [0.2, 0.25) is 0 Å². The maximum Gasteiger partial charge on any atom is 0.182 e. The summed E-state index contributed by atoms with van der Waals surface area (Å²) in [7, 11) is 0.0663. The second kappa shape index (κ2) is 8.01. The Morgan fingerprint density at radius 3 is 2.60 bits per heavy atom. The van der Waals surface area contributed by atoms with Crippen molar-refractivity contribution in [3.63, 3.8) is 0 Å². The number of imidazole rings is 1. The third-order valence-corrected chi connectivity index (χ3v) is 7.42. The van der Waals surface area contributed by atoms with Crippen molar-refractivity contribution in [3.05, 3.63) is 76.5 Å². The van der Waals surface area contributed by atoms with Crippen LogP contribution in [0.25, 0.3) is 0 Å². The highest BCUT2D eigenvalue weighted by Gasteiger charge is 2.27. The third kappa shape index (κ3) is 3.87. The molecule has 0 bridgehead atoms. The molecule has 1 saturated carbocycles. The van der Waals surface area contributed by atoms with E-state index in [1.54, 1.807) is 10.4 Å². The summed E-state index contributed by atoms with van der Waals surface area (Å²) >= 11 is 0. The van der Waals surface area contributed by atoms with Gasteiger partial charge in [0.05, 0.1) is 12.4 Å². The molecular weight excluding hydrogens is 324 g/mol. The first-order chi connectivity index (χ1) is 12.4. The van der Waals surface area contributed by atoms with E-state index in [0.29, 0.717) is 0 Å². The quantitative estimate of drug-likeness (QED) is 0.486. The first-order valence-electron chi connectivity index (χ1n) is 9.58. The molecule has 0 radical (unpaired) electrons. The number of benzene rings is 1. The summed E-state index contributed by atoms with van der Waals surface area (Å²) in [5.74, 6) is 0.790. The van der Waals surface area contributed by atoms with Crippen molar-refractivity contribution in [1.29, 1.82) is 0 Å². The van der Waals surface area contributed by atoms with Crippen molar-refractivity contribution in [1.82, 2.24) is 8.96 Å². The maximum atomic E-state index is 4.28. The van der Waals surface area contributed by atoms with Crippen LogP contribution in [-0.4, -0.2) is 8.96 Å². The van der Waals surface area contributed by atoms with Crippen LogP contribution in [0.15, 0.2) is 60.5 Å². The van der Waals surface area contributed by atoms with Crippen molar-refractivity contribution >= 4 is 10.7 Å². The normalized spacial score (nSPS) is 16.2. The minimum atomic E-state index is 0.0663. The number of hydrogen-bond donors (Lipinski definition) is 0. The van der Waals surface area contributed by atoms with Gasteiger partial charge in [-0.25, -0.2) is 4.98 Å². The van der Waals surface area contributed by atoms with Crippen LogP contribution in [0, 0.1) is 0 Å². The van der Waals surface area contributed by atoms with Crippen LogP contribution in [-0.2, 0) is 12.8 Å². The molecule has 0 spiro atoms. The number of thiophene rings is 1. The molecule has 25 heavy (non-hydrogen) atoms. The van der Waals surface area contributed by atoms with E-state index in [-0.39, 0.29) is 10.7 Å². The zero-order valence-electron chi connectivity index (χ0n) is 14.8. The lowest BCUT2D eigenvalue weighted by atomic mass is 9.84. The summed E-state index contributed by atoms with van der Waals surface area (Å²) in [6, 6.07) is 13.3. The van der Waals surface area contributed by atoms with E-state index in [0.717, 1.165) is 5.92 Å². The van der Waals surface area contributed by atoms with E-state index in [9.17, 15) is 0 Å². The van der Waals surface area contributed by atoms with Gasteiger partial charge in [-0.05, 0) is 37.2 Å². The van der Waals surface area contributed by atoms with Gasteiger partial charge in [-0.3, -0.25) is 0 Å². The molecule has 1 aliphatic carbocycles. The first kappa shape index (κ1) is 16.6. The van der Waals surface area contributed by atoms with E-state index in [1.807, 2.05) is 12.5 Å². The smallest absolute Gasteiger partial charge is 0.182 e. The predicted molar refractivity (Wildman–Crippen MR) is 106 cm³/mol. The Labute approximate surface area is 153 Å². The minimum absolute atomic E-state index is 0.0663. The van der Waals surface area contributed by atoms with Crippen molar-refractivity contribution in [3.8, 4) is 0 Å². The van der Waals surface area contributed by atoms with Crippen molar-refractivity contribution in [2.24, 2.45) is 0 Å². The molecule has 1 atom stereocenters. The van der Waals surface area contributed by atoms with Gasteiger partial charge < -0.3 is 0 Å². The minimum Gasteiger partial charge on any atom is -0.240 e. The molecule has 1 unspecified atom stereocenters. The fourth-order valence-corrected chi connectivity index (χ4v) is 6.12. The van der Waals surface area contributed by atoms with E-state index in [2.05, 4.69) is 56.9 Å². The third-order valence-electron chi connectivity index (χ3n) is 5.42. The number of aromatic nitrogens is 2. The Hall–Kier alpha value is -1.87. The molecule has 0 N–H and O–H groups in total. The Bertz CT molecular complexity index is 768. The standard InChI is InChI=1S/C22H27N2S/c1-3-8-19(9-4-1)10-7-13-22-21(20-11-5-2-6-12-20)14-17-25(22)24-16-15-23-18-24/h1,3-4,8-9,14-18,20H,2,5-7,10-13H2/q+1. The van der Waals surface area contributed by atoms with Gasteiger partial charge in [-0.1, -0.05) is 49.6 Å². The van der Waals surface area contributed by atoms with Crippen LogP contribution in [0.4, 0.5) is 0 Å². The molecule has 0 saturated heterocycles. The molecule has 0 amide bonds. The van der Waals surface area contributed by atoms with Gasteiger partial charge in [-0.15, -0.1) is 3.97 Å². The summed E-state index contributed by atoms with van der Waals surface area (Å²) in [4.78, 5) is 5.95. The van der Waals surface area contributed by atoms with Crippen LogP contribution in [0.3, 0.4) is 0 Å². The molecule has 1 aromatic carbocycles. The average molecular weight is 352 g/mol. The average Bonchev–Trinajstić information content (AvgIpc) is 3.33. The van der Waals surface area contributed by atoms with Crippen LogP contribution < -0.4 is 0 Å². The summed E-state index contributed by atoms with van der Waals surface area (Å²) in [5.41, 5.74) is 3.11. The molecule has 1 fully saturated rings. The SMILES string of the molecule is c1ccc(CCCc2c(C3CCCCC3)cc[s+]2-n2ccnc2)cc1. The summed E-state index contributed by atoms with van der Waals surface area (Å²) in [5, 5.41) is 2.42. The Kier molecular flexibility index (Phi) is 5.31. The number of nitrogens with zero attached hydrogens (tertiary/aromatic N) is 2. The van der Waals surface area contributed by atoms with Crippen molar-refractivity contribution in [2.75, 3.05) is 0 Å². The van der Waals surface area contributed by atoms with E-state index in [1.165, 1.54) is 56.9 Å². The Morgan fingerprint density at radius 1 is 1.00 bits per heavy atom. The first-order valence-corrected chi connectivity index (χ1v) is 10.8. The van der Waals surface area contributed by atoms with Crippen LogP contribution in [0.5, 0.6) is 0 Å². The highest BCUT2D eigenvalue weighted by Crippen LogP contribution is 2.41. The molecule has 4 rings (SSSR count). The molecule has 3 aromatic rings. The lowest BCUT2D eigenvalue weighted by Crippen LogP contribution is -2.06. The van der Waals surface area contributed by atoms with Gasteiger partial charge in [0.15, 0.2) is 10.3 Å². The zero-order valence-corrected chi connectivity index (χ0v) is 15.6. The molecule has 2 aromatic heterocycles. The summed E-state index contributed by atoms with van der Waals surface area (Å²) < 4.78 is 2.30. The largest absolute Gasteiger partial charge is 0.240 e. The monoisotopic (exact) mass is 351 g/mol. The Morgan fingerprint density at radius 2 is 1.84 bits per heavy atom. The molecule has 130 valence electrons. The highest BCUT2D eigenvalue weighted by molar-refractivity contribution is 7.28. The van der Waals surface area contributed by atoms with Gasteiger partial charge in [0.1, 0.15) is 17.0 Å². The zero-order chi connectivity index (χ0) is 16.9. The molecule has 0 aliphatic heterocycles. The number of aryl methyl sites for hydroxylation is 1. The molecule has 1 aliphatic rings. The lowest BCUT2D eigenvalue weighted by Gasteiger charge is -2.20.